The minimum atomic E-state index is -0.143. The molecule has 2 heterocycles. The molecule has 0 fully saturated rings. The monoisotopic (exact) mass is 277 g/mol. The van der Waals surface area contributed by atoms with Crippen LogP contribution in [0.1, 0.15) is 17.7 Å². The fourth-order valence-electron chi connectivity index (χ4n) is 1.70. The first-order chi connectivity index (χ1) is 9.06. The van der Waals surface area contributed by atoms with Crippen molar-refractivity contribution in [2.24, 2.45) is 0 Å². The molecule has 0 aliphatic heterocycles. The van der Waals surface area contributed by atoms with Gasteiger partial charge in [-0.2, -0.15) is 0 Å². The van der Waals surface area contributed by atoms with Gasteiger partial charge in [-0.25, -0.2) is 4.98 Å². The fourth-order valence-corrected chi connectivity index (χ4v) is 2.46. The van der Waals surface area contributed by atoms with Crippen LogP contribution in [-0.2, 0) is 11.3 Å². The maximum Gasteiger partial charge on any atom is 0.307 e. The number of nitrogens with one attached hydrogen (secondary N) is 1. The van der Waals surface area contributed by atoms with Gasteiger partial charge in [-0.05, 0) is 31.5 Å². The smallest absolute Gasteiger partial charge is 0.307 e. The van der Waals surface area contributed by atoms with Gasteiger partial charge in [-0.3, -0.25) is 9.59 Å². The zero-order valence-corrected chi connectivity index (χ0v) is 11.7. The number of amides is 1. The lowest BCUT2D eigenvalue weighted by Gasteiger charge is -2.06. The van der Waals surface area contributed by atoms with Gasteiger partial charge in [-0.1, -0.05) is 11.3 Å². The van der Waals surface area contributed by atoms with Gasteiger partial charge < -0.3 is 9.88 Å². The van der Waals surface area contributed by atoms with Gasteiger partial charge in [-0.15, -0.1) is 0 Å². The number of carbonyl (C=O) groups is 1. The molecule has 0 saturated heterocycles. The third-order valence-corrected chi connectivity index (χ3v) is 3.60. The highest BCUT2D eigenvalue weighted by Crippen LogP contribution is 2.06. The van der Waals surface area contributed by atoms with Crippen molar-refractivity contribution in [2.75, 3.05) is 5.32 Å². The summed E-state index contributed by atoms with van der Waals surface area (Å²) in [7, 11) is 0. The summed E-state index contributed by atoms with van der Waals surface area (Å²) < 4.78 is 1.61. The minimum absolute atomic E-state index is 0.0287. The van der Waals surface area contributed by atoms with E-state index in [1.54, 1.807) is 22.2 Å². The lowest BCUT2D eigenvalue weighted by Crippen LogP contribution is -2.20. The van der Waals surface area contributed by atoms with Crippen molar-refractivity contribution in [1.29, 1.82) is 0 Å². The van der Waals surface area contributed by atoms with Crippen molar-refractivity contribution in [3.63, 3.8) is 0 Å². The molecule has 0 radical (unpaired) electrons. The Morgan fingerprint density at radius 3 is 2.89 bits per heavy atom. The summed E-state index contributed by atoms with van der Waals surface area (Å²) in [5, 5.41) is 4.52. The summed E-state index contributed by atoms with van der Waals surface area (Å²) in [5.74, 6) is 0.398. The predicted molar refractivity (Wildman–Crippen MR) is 75.5 cm³/mol. The highest BCUT2D eigenvalue weighted by Gasteiger charge is 2.07. The summed E-state index contributed by atoms with van der Waals surface area (Å²) >= 11 is 1.15. The van der Waals surface area contributed by atoms with E-state index >= 15 is 0 Å². The maximum absolute atomic E-state index is 11.8. The van der Waals surface area contributed by atoms with Gasteiger partial charge in [0.05, 0.1) is 0 Å². The average Bonchev–Trinajstić information content (AvgIpc) is 2.67. The predicted octanol–water partition coefficient (Wildman–Crippen LogP) is 1.95. The number of thiazole rings is 1. The van der Waals surface area contributed by atoms with Crippen LogP contribution >= 0.6 is 11.3 Å². The minimum Gasteiger partial charge on any atom is -0.311 e. The molecule has 5 nitrogen and oxygen atoms in total. The number of hydrogen-bond donors (Lipinski definition) is 1. The highest BCUT2D eigenvalue weighted by molar-refractivity contribution is 7.07. The molecule has 1 N–H and O–H groups in total. The molecule has 2 aromatic rings. The van der Waals surface area contributed by atoms with E-state index in [4.69, 9.17) is 0 Å². The number of aromatic nitrogens is 2. The Balaban J connectivity index is 1.94. The molecule has 0 aliphatic rings. The summed E-state index contributed by atoms with van der Waals surface area (Å²) in [6, 6.07) is 3.67. The Labute approximate surface area is 114 Å². The molecule has 0 atom stereocenters. The van der Waals surface area contributed by atoms with Crippen LogP contribution in [0.15, 0.2) is 28.5 Å². The summed E-state index contributed by atoms with van der Waals surface area (Å²) in [4.78, 5) is 27.3. The Hall–Kier alpha value is -1.95. The Morgan fingerprint density at radius 2 is 2.26 bits per heavy atom. The molecule has 1 amide bonds. The zero-order valence-electron chi connectivity index (χ0n) is 10.8. The molecule has 0 bridgehead atoms. The van der Waals surface area contributed by atoms with Crippen molar-refractivity contribution < 1.29 is 4.79 Å². The van der Waals surface area contributed by atoms with Crippen molar-refractivity contribution in [1.82, 2.24) is 9.55 Å². The first-order valence-corrected chi connectivity index (χ1v) is 6.81. The van der Waals surface area contributed by atoms with Gasteiger partial charge >= 0.3 is 4.87 Å². The molecule has 100 valence electrons. The molecule has 0 aliphatic carbocycles. The van der Waals surface area contributed by atoms with Crippen molar-refractivity contribution >= 4 is 23.1 Å². The third-order valence-electron chi connectivity index (χ3n) is 2.72. The number of carbonyl (C=O) groups excluding carboxylic acids is 1. The second kappa shape index (κ2) is 5.79. The molecule has 6 heteroatoms. The largest absolute Gasteiger partial charge is 0.311 e. The molecule has 0 spiro atoms. The van der Waals surface area contributed by atoms with Crippen molar-refractivity contribution in [3.8, 4) is 0 Å². The van der Waals surface area contributed by atoms with Crippen LogP contribution in [0.5, 0.6) is 0 Å². The Bertz CT molecular complexity index is 645. The zero-order chi connectivity index (χ0) is 13.8. The van der Waals surface area contributed by atoms with Crippen LogP contribution in [0.2, 0.25) is 0 Å². The Morgan fingerprint density at radius 1 is 1.47 bits per heavy atom. The van der Waals surface area contributed by atoms with Crippen LogP contribution in [0.3, 0.4) is 0 Å². The van der Waals surface area contributed by atoms with Gasteiger partial charge in [0.2, 0.25) is 5.91 Å². The van der Waals surface area contributed by atoms with Crippen LogP contribution in [-0.4, -0.2) is 15.5 Å². The maximum atomic E-state index is 11.8. The molecule has 19 heavy (non-hydrogen) atoms. The summed E-state index contributed by atoms with van der Waals surface area (Å²) in [6.45, 7) is 4.19. The quantitative estimate of drug-likeness (QED) is 0.929. The summed E-state index contributed by atoms with van der Waals surface area (Å²) in [6.07, 6.45) is 1.91. The van der Waals surface area contributed by atoms with E-state index < -0.39 is 0 Å². The molecule has 0 saturated carbocycles. The Kier molecular flexibility index (Phi) is 4.11. The highest BCUT2D eigenvalue weighted by atomic mass is 32.1. The van der Waals surface area contributed by atoms with E-state index in [-0.39, 0.29) is 17.2 Å². The number of nitrogens with zero attached hydrogens (tertiary/aromatic N) is 2. The second-order valence-corrected chi connectivity index (χ2v) is 5.13. The molecular weight excluding hydrogens is 262 g/mol. The van der Waals surface area contributed by atoms with E-state index in [0.29, 0.717) is 12.4 Å². The first kappa shape index (κ1) is 13.5. The van der Waals surface area contributed by atoms with Gasteiger partial charge in [0, 0.05) is 30.2 Å². The molecule has 2 rings (SSSR count). The molecule has 2 aromatic heterocycles. The summed E-state index contributed by atoms with van der Waals surface area (Å²) in [5.41, 5.74) is 1.92. The van der Waals surface area contributed by atoms with E-state index in [1.165, 1.54) is 0 Å². The van der Waals surface area contributed by atoms with E-state index in [0.717, 1.165) is 22.6 Å². The van der Waals surface area contributed by atoms with Crippen LogP contribution < -0.4 is 10.2 Å². The normalized spacial score (nSPS) is 10.4. The topological polar surface area (TPSA) is 64.0 Å². The van der Waals surface area contributed by atoms with E-state index in [1.807, 2.05) is 19.9 Å². The number of aryl methyl sites for hydroxylation is 2. The standard InChI is InChI=1S/C13H15N3O2S/c1-9-3-5-14-11(7-9)15-12(17)4-6-16-10(2)8-19-13(16)18/h3,5,7-8H,4,6H2,1-2H3,(H,14,15,17). The lowest BCUT2D eigenvalue weighted by molar-refractivity contribution is -0.116. The fraction of sp³-hybridized carbons (Fsp3) is 0.308. The van der Waals surface area contributed by atoms with Crippen molar-refractivity contribution in [3.05, 3.63) is 44.6 Å². The van der Waals surface area contributed by atoms with Gasteiger partial charge in [0.15, 0.2) is 0 Å². The number of hydrogen-bond acceptors (Lipinski definition) is 4. The van der Waals surface area contributed by atoms with Crippen LogP contribution in [0.25, 0.3) is 0 Å². The van der Waals surface area contributed by atoms with Crippen molar-refractivity contribution in [2.45, 2.75) is 26.8 Å². The average molecular weight is 277 g/mol. The number of pyridine rings is 1. The van der Waals surface area contributed by atoms with Crippen LogP contribution in [0, 0.1) is 13.8 Å². The molecule has 0 aromatic carbocycles. The van der Waals surface area contributed by atoms with E-state index in [2.05, 4.69) is 10.3 Å². The first-order valence-electron chi connectivity index (χ1n) is 5.93. The third kappa shape index (κ3) is 3.51. The number of anilines is 1. The van der Waals surface area contributed by atoms with E-state index in [9.17, 15) is 9.59 Å². The van der Waals surface area contributed by atoms with Crippen LogP contribution in [0.4, 0.5) is 5.82 Å². The lowest BCUT2D eigenvalue weighted by atomic mass is 10.3. The molecule has 0 unspecified atom stereocenters. The van der Waals surface area contributed by atoms with Gasteiger partial charge in [0.25, 0.3) is 0 Å². The second-order valence-electron chi connectivity index (χ2n) is 4.31. The molecular formula is C13H15N3O2S. The number of rotatable bonds is 4. The SMILES string of the molecule is Cc1ccnc(NC(=O)CCn2c(C)csc2=O)c1. The van der Waals surface area contributed by atoms with Gasteiger partial charge in [0.1, 0.15) is 5.82 Å².